The van der Waals surface area contributed by atoms with Crippen LogP contribution in [0.3, 0.4) is 0 Å². The number of nitrogens with one attached hydrogen (secondary N) is 1. The van der Waals surface area contributed by atoms with Crippen LogP contribution in [-0.4, -0.2) is 30.2 Å². The molecule has 8 heteroatoms. The molecule has 0 saturated heterocycles. The van der Waals surface area contributed by atoms with Crippen LogP contribution in [0, 0.1) is 0 Å². The Bertz CT molecular complexity index is 1570. The van der Waals surface area contributed by atoms with Gasteiger partial charge in [-0.3, -0.25) is 14.6 Å². The number of hydrogen-bond acceptors (Lipinski definition) is 6. The second-order valence-corrected chi connectivity index (χ2v) is 9.54. The number of rotatable bonds is 5. The van der Waals surface area contributed by atoms with Crippen LogP contribution in [0.25, 0.3) is 0 Å². The molecular formula is C30H23N3O5. The van der Waals surface area contributed by atoms with Crippen LogP contribution < -0.4 is 24.4 Å². The standard InChI is InChI=1S/C30H23N3O5/c34-28(32-15-20-4-3-11-31-14-20)21-9-7-19(8-10-21)16-33-24-6-2-1-5-22(24)30(29(33)35)17-36-25-13-27-26(12-23(25)30)37-18-38-27/h1-14H,15-18H2,(H,32,34). The van der Waals surface area contributed by atoms with Crippen molar-refractivity contribution in [1.29, 1.82) is 0 Å². The Hall–Kier alpha value is -4.85. The van der Waals surface area contributed by atoms with E-state index in [4.69, 9.17) is 14.2 Å². The molecule has 0 radical (unpaired) electrons. The molecule has 188 valence electrons. The SMILES string of the molecule is O=C(NCc1cccnc1)c1ccc(CN2C(=O)C3(COc4cc5c(cc43)OCO5)c3ccccc32)cc1. The Morgan fingerprint density at radius 3 is 2.53 bits per heavy atom. The van der Waals surface area contributed by atoms with Gasteiger partial charge in [-0.1, -0.05) is 36.4 Å². The van der Waals surface area contributed by atoms with Crippen LogP contribution >= 0.6 is 0 Å². The van der Waals surface area contributed by atoms with Crippen LogP contribution in [0.2, 0.25) is 0 Å². The molecule has 7 rings (SSSR count). The van der Waals surface area contributed by atoms with E-state index in [1.54, 1.807) is 29.4 Å². The number of nitrogens with zero attached hydrogens (tertiary/aromatic N) is 2. The van der Waals surface area contributed by atoms with E-state index in [9.17, 15) is 9.59 Å². The van der Waals surface area contributed by atoms with Gasteiger partial charge < -0.3 is 24.4 Å². The zero-order chi connectivity index (χ0) is 25.7. The van der Waals surface area contributed by atoms with Crippen molar-refractivity contribution in [1.82, 2.24) is 10.3 Å². The number of hydrogen-bond donors (Lipinski definition) is 1. The molecule has 1 N–H and O–H groups in total. The van der Waals surface area contributed by atoms with Crippen LogP contribution in [0.5, 0.6) is 17.2 Å². The summed E-state index contributed by atoms with van der Waals surface area (Å²) in [6.07, 6.45) is 3.42. The number of ether oxygens (including phenoxy) is 3. The third kappa shape index (κ3) is 3.41. The summed E-state index contributed by atoms with van der Waals surface area (Å²) >= 11 is 0. The van der Waals surface area contributed by atoms with E-state index in [1.807, 2.05) is 60.7 Å². The van der Waals surface area contributed by atoms with Gasteiger partial charge in [-0.2, -0.15) is 0 Å². The highest BCUT2D eigenvalue weighted by Gasteiger charge is 2.57. The summed E-state index contributed by atoms with van der Waals surface area (Å²) in [5.41, 5.74) is 4.01. The van der Waals surface area contributed by atoms with Crippen molar-refractivity contribution in [2.75, 3.05) is 18.3 Å². The summed E-state index contributed by atoms with van der Waals surface area (Å²) in [5.74, 6) is 1.67. The zero-order valence-electron chi connectivity index (χ0n) is 20.3. The predicted molar refractivity (Wildman–Crippen MR) is 138 cm³/mol. The number of aromatic nitrogens is 1. The number of para-hydroxylation sites is 1. The van der Waals surface area contributed by atoms with Crippen molar-refractivity contribution in [3.8, 4) is 17.2 Å². The van der Waals surface area contributed by atoms with E-state index in [1.165, 1.54) is 0 Å². The number of anilines is 1. The average Bonchev–Trinajstić information content (AvgIpc) is 3.64. The minimum atomic E-state index is -0.945. The predicted octanol–water partition coefficient (Wildman–Crippen LogP) is 3.97. The lowest BCUT2D eigenvalue weighted by Gasteiger charge is -2.23. The minimum Gasteiger partial charge on any atom is -0.491 e. The van der Waals surface area contributed by atoms with Gasteiger partial charge >= 0.3 is 0 Å². The molecule has 1 atom stereocenters. The Labute approximate surface area is 218 Å². The molecule has 38 heavy (non-hydrogen) atoms. The Balaban J connectivity index is 1.15. The van der Waals surface area contributed by atoms with Crippen molar-refractivity contribution < 1.29 is 23.8 Å². The van der Waals surface area contributed by atoms with Crippen LogP contribution in [0.4, 0.5) is 5.69 Å². The van der Waals surface area contributed by atoms with Crippen molar-refractivity contribution >= 4 is 17.5 Å². The van der Waals surface area contributed by atoms with E-state index in [2.05, 4.69) is 10.3 Å². The van der Waals surface area contributed by atoms with E-state index < -0.39 is 5.41 Å². The summed E-state index contributed by atoms with van der Waals surface area (Å²) in [6, 6.07) is 22.6. The molecule has 3 aliphatic heterocycles. The van der Waals surface area contributed by atoms with Gasteiger partial charge in [-0.05, 0) is 47.0 Å². The van der Waals surface area contributed by atoms with Crippen LogP contribution in [0.15, 0.2) is 85.2 Å². The summed E-state index contributed by atoms with van der Waals surface area (Å²) in [4.78, 5) is 32.7. The van der Waals surface area contributed by atoms with Crippen molar-refractivity contribution in [2.24, 2.45) is 0 Å². The van der Waals surface area contributed by atoms with Gasteiger partial charge in [0, 0.05) is 41.8 Å². The lowest BCUT2D eigenvalue weighted by Crippen LogP contribution is -2.42. The molecule has 1 aromatic heterocycles. The molecule has 2 amide bonds. The number of amides is 2. The lowest BCUT2D eigenvalue weighted by molar-refractivity contribution is -0.122. The second kappa shape index (κ2) is 8.62. The van der Waals surface area contributed by atoms with Gasteiger partial charge in [0.2, 0.25) is 12.7 Å². The second-order valence-electron chi connectivity index (χ2n) is 9.54. The van der Waals surface area contributed by atoms with Crippen molar-refractivity contribution in [3.05, 3.63) is 113 Å². The first-order chi connectivity index (χ1) is 18.6. The zero-order valence-corrected chi connectivity index (χ0v) is 20.3. The maximum atomic E-state index is 14.2. The van der Waals surface area contributed by atoms with Gasteiger partial charge in [-0.15, -0.1) is 0 Å². The number of pyridine rings is 1. The summed E-state index contributed by atoms with van der Waals surface area (Å²) < 4.78 is 17.2. The van der Waals surface area contributed by atoms with E-state index in [0.29, 0.717) is 35.9 Å². The van der Waals surface area contributed by atoms with Gasteiger partial charge in [-0.25, -0.2) is 0 Å². The summed E-state index contributed by atoms with van der Waals surface area (Å²) in [7, 11) is 0. The monoisotopic (exact) mass is 505 g/mol. The third-order valence-electron chi connectivity index (χ3n) is 7.38. The first kappa shape index (κ1) is 22.4. The summed E-state index contributed by atoms with van der Waals surface area (Å²) in [5, 5.41) is 2.91. The fourth-order valence-corrected chi connectivity index (χ4v) is 5.45. The molecule has 0 fully saturated rings. The molecule has 0 saturated carbocycles. The van der Waals surface area contributed by atoms with Crippen molar-refractivity contribution in [3.63, 3.8) is 0 Å². The highest BCUT2D eigenvalue weighted by Crippen LogP contribution is 2.55. The molecular weight excluding hydrogens is 482 g/mol. The molecule has 1 spiro atoms. The lowest BCUT2D eigenvalue weighted by atomic mass is 9.77. The fourth-order valence-electron chi connectivity index (χ4n) is 5.45. The molecule has 3 aromatic carbocycles. The summed E-state index contributed by atoms with van der Waals surface area (Å²) in [6.45, 7) is 1.14. The quantitative estimate of drug-likeness (QED) is 0.442. The van der Waals surface area contributed by atoms with E-state index in [-0.39, 0.29) is 25.2 Å². The van der Waals surface area contributed by atoms with Gasteiger partial charge in [0.05, 0.1) is 6.54 Å². The van der Waals surface area contributed by atoms with Crippen molar-refractivity contribution in [2.45, 2.75) is 18.5 Å². The number of benzene rings is 3. The molecule has 1 unspecified atom stereocenters. The highest BCUT2D eigenvalue weighted by molar-refractivity contribution is 6.11. The highest BCUT2D eigenvalue weighted by atomic mass is 16.7. The molecule has 4 heterocycles. The molecule has 4 aromatic rings. The largest absolute Gasteiger partial charge is 0.491 e. The number of carbonyl (C=O) groups is 2. The van der Waals surface area contributed by atoms with Crippen LogP contribution in [0.1, 0.15) is 32.6 Å². The Kier molecular flexibility index (Phi) is 5.07. The maximum absolute atomic E-state index is 14.2. The fraction of sp³-hybridized carbons (Fsp3) is 0.167. The first-order valence-electron chi connectivity index (χ1n) is 12.4. The smallest absolute Gasteiger partial charge is 0.251 e. The Morgan fingerprint density at radius 1 is 0.895 bits per heavy atom. The van der Waals surface area contributed by atoms with E-state index >= 15 is 0 Å². The van der Waals surface area contributed by atoms with Crippen LogP contribution in [-0.2, 0) is 23.3 Å². The minimum absolute atomic E-state index is 0.0467. The molecule has 0 aliphatic carbocycles. The average molecular weight is 506 g/mol. The first-order valence-corrected chi connectivity index (χ1v) is 12.4. The Morgan fingerprint density at radius 2 is 1.71 bits per heavy atom. The topological polar surface area (TPSA) is 90.0 Å². The number of carbonyl (C=O) groups excluding carboxylic acids is 2. The molecule has 3 aliphatic rings. The normalized spacial score (nSPS) is 18.3. The maximum Gasteiger partial charge on any atom is 0.251 e. The molecule has 0 bridgehead atoms. The van der Waals surface area contributed by atoms with E-state index in [0.717, 1.165) is 27.9 Å². The number of fused-ring (bicyclic) bond motifs is 5. The van der Waals surface area contributed by atoms with Gasteiger partial charge in [0.15, 0.2) is 11.5 Å². The van der Waals surface area contributed by atoms with Gasteiger partial charge in [0.1, 0.15) is 17.8 Å². The third-order valence-corrected chi connectivity index (χ3v) is 7.38. The molecule has 8 nitrogen and oxygen atoms in total. The van der Waals surface area contributed by atoms with Gasteiger partial charge in [0.25, 0.3) is 5.91 Å².